The van der Waals surface area contributed by atoms with E-state index in [1.807, 2.05) is 25.1 Å². The number of imide groups is 1. The summed E-state index contributed by atoms with van der Waals surface area (Å²) in [6, 6.07) is 14.7. The van der Waals surface area contributed by atoms with Gasteiger partial charge >= 0.3 is 6.03 Å². The minimum atomic E-state index is -0.410. The summed E-state index contributed by atoms with van der Waals surface area (Å²) in [6.07, 6.45) is 0. The molecular formula is C24H19FN4O3S2. The second kappa shape index (κ2) is 9.03. The average Bonchev–Trinajstić information content (AvgIpc) is 3.41. The Balaban J connectivity index is 1.64. The van der Waals surface area contributed by atoms with E-state index >= 15 is 0 Å². The van der Waals surface area contributed by atoms with Crippen molar-refractivity contribution in [3.63, 3.8) is 0 Å². The van der Waals surface area contributed by atoms with Crippen molar-refractivity contribution in [2.75, 3.05) is 18.8 Å². The third kappa shape index (κ3) is 3.99. The van der Waals surface area contributed by atoms with E-state index in [0.29, 0.717) is 34.1 Å². The van der Waals surface area contributed by atoms with Crippen molar-refractivity contribution in [3.05, 3.63) is 75.6 Å². The van der Waals surface area contributed by atoms with Crippen LogP contribution in [-0.2, 0) is 4.79 Å². The first kappa shape index (κ1) is 22.3. The number of halogens is 1. The van der Waals surface area contributed by atoms with Crippen LogP contribution in [0, 0.1) is 12.7 Å². The van der Waals surface area contributed by atoms with Crippen LogP contribution in [0.1, 0.15) is 4.88 Å². The zero-order valence-electron chi connectivity index (χ0n) is 18.1. The molecule has 172 valence electrons. The Labute approximate surface area is 202 Å². The van der Waals surface area contributed by atoms with E-state index < -0.39 is 6.03 Å². The zero-order valence-corrected chi connectivity index (χ0v) is 19.7. The van der Waals surface area contributed by atoms with Crippen molar-refractivity contribution in [1.29, 1.82) is 0 Å². The van der Waals surface area contributed by atoms with Gasteiger partial charge in [0.1, 0.15) is 10.6 Å². The van der Waals surface area contributed by atoms with Gasteiger partial charge in [-0.05, 0) is 36.8 Å². The molecule has 2 aromatic heterocycles. The number of carbonyl (C=O) groups is 2. The molecule has 1 aliphatic heterocycles. The molecule has 3 amide bonds. The van der Waals surface area contributed by atoms with Crippen molar-refractivity contribution < 1.29 is 14.0 Å². The summed E-state index contributed by atoms with van der Waals surface area (Å²) in [5.41, 5.74) is 1.81. The second-order valence-electron chi connectivity index (χ2n) is 7.66. The monoisotopic (exact) mass is 494 g/mol. The molecule has 1 N–H and O–H groups in total. The van der Waals surface area contributed by atoms with Crippen LogP contribution in [0.2, 0.25) is 0 Å². The van der Waals surface area contributed by atoms with Gasteiger partial charge in [-0.2, -0.15) is 0 Å². The molecule has 1 fully saturated rings. The van der Waals surface area contributed by atoms with Crippen LogP contribution >= 0.6 is 23.1 Å². The van der Waals surface area contributed by atoms with Crippen LogP contribution < -0.4 is 10.9 Å². The van der Waals surface area contributed by atoms with Crippen molar-refractivity contribution >= 4 is 45.3 Å². The van der Waals surface area contributed by atoms with E-state index in [9.17, 15) is 18.8 Å². The fourth-order valence-corrected chi connectivity index (χ4v) is 5.90. The SMILES string of the molecule is Cc1sc2nc(SCC(=O)N3CCNC3=O)n(-c3ccccc3)c(=O)c2c1-c1ccc(F)cc1. The lowest BCUT2D eigenvalue weighted by Gasteiger charge is -2.14. The summed E-state index contributed by atoms with van der Waals surface area (Å²) >= 11 is 2.50. The number of hydrogen-bond donors (Lipinski definition) is 1. The maximum atomic E-state index is 13.9. The summed E-state index contributed by atoms with van der Waals surface area (Å²) in [6.45, 7) is 2.65. The Bertz CT molecular complexity index is 1470. The summed E-state index contributed by atoms with van der Waals surface area (Å²) in [4.78, 5) is 45.6. The number of rotatable bonds is 5. The predicted molar refractivity (Wildman–Crippen MR) is 131 cm³/mol. The lowest BCUT2D eigenvalue weighted by molar-refractivity contribution is -0.124. The van der Waals surface area contributed by atoms with Gasteiger partial charge in [0.15, 0.2) is 5.16 Å². The normalized spacial score (nSPS) is 13.5. The molecular weight excluding hydrogens is 475 g/mol. The zero-order chi connectivity index (χ0) is 23.8. The molecule has 34 heavy (non-hydrogen) atoms. The minimum Gasteiger partial charge on any atom is -0.336 e. The Morgan fingerprint density at radius 1 is 1.15 bits per heavy atom. The number of nitrogens with one attached hydrogen (secondary N) is 1. The van der Waals surface area contributed by atoms with E-state index in [0.717, 1.165) is 27.8 Å². The van der Waals surface area contributed by atoms with E-state index in [1.165, 1.54) is 32.9 Å². The van der Waals surface area contributed by atoms with Gasteiger partial charge in [-0.25, -0.2) is 14.2 Å². The van der Waals surface area contributed by atoms with E-state index in [1.54, 1.807) is 24.3 Å². The number of para-hydroxylation sites is 1. The van der Waals surface area contributed by atoms with Crippen molar-refractivity contribution in [2.45, 2.75) is 12.1 Å². The largest absolute Gasteiger partial charge is 0.336 e. The lowest BCUT2D eigenvalue weighted by Crippen LogP contribution is -2.35. The Hall–Kier alpha value is -3.50. The van der Waals surface area contributed by atoms with E-state index in [2.05, 4.69) is 5.32 Å². The number of aryl methyl sites for hydroxylation is 1. The fraction of sp³-hybridized carbons (Fsp3) is 0.167. The molecule has 1 saturated heterocycles. The highest BCUT2D eigenvalue weighted by Crippen LogP contribution is 2.37. The first-order valence-electron chi connectivity index (χ1n) is 10.5. The predicted octanol–water partition coefficient (Wildman–Crippen LogP) is 4.21. The van der Waals surface area contributed by atoms with Crippen LogP contribution in [0.25, 0.3) is 27.0 Å². The number of thiophene rings is 1. The number of nitrogens with zero attached hydrogens (tertiary/aromatic N) is 3. The summed E-state index contributed by atoms with van der Waals surface area (Å²) in [5.74, 6) is -0.730. The third-order valence-corrected chi connectivity index (χ3v) is 7.42. The number of hydrogen-bond acceptors (Lipinski definition) is 6. The van der Waals surface area contributed by atoms with Gasteiger partial charge in [0.2, 0.25) is 5.91 Å². The average molecular weight is 495 g/mol. The first-order chi connectivity index (χ1) is 16.4. The maximum Gasteiger partial charge on any atom is 0.324 e. The number of amides is 3. The summed E-state index contributed by atoms with van der Waals surface area (Å²) in [7, 11) is 0. The maximum absolute atomic E-state index is 13.9. The van der Waals surface area contributed by atoms with Gasteiger partial charge in [0, 0.05) is 23.5 Å². The van der Waals surface area contributed by atoms with Gasteiger partial charge < -0.3 is 5.32 Å². The minimum absolute atomic E-state index is 0.0343. The molecule has 4 aromatic rings. The van der Waals surface area contributed by atoms with Crippen LogP contribution in [-0.4, -0.2) is 45.2 Å². The number of aromatic nitrogens is 2. The molecule has 0 aliphatic carbocycles. The number of benzene rings is 2. The van der Waals surface area contributed by atoms with Crippen LogP contribution in [0.5, 0.6) is 0 Å². The smallest absolute Gasteiger partial charge is 0.324 e. The molecule has 7 nitrogen and oxygen atoms in total. The Kier molecular flexibility index (Phi) is 5.93. The topological polar surface area (TPSA) is 84.3 Å². The molecule has 0 bridgehead atoms. The summed E-state index contributed by atoms with van der Waals surface area (Å²) < 4.78 is 15.0. The number of carbonyl (C=O) groups excluding carboxylic acids is 2. The highest BCUT2D eigenvalue weighted by molar-refractivity contribution is 7.99. The number of thioether (sulfide) groups is 1. The molecule has 0 atom stereocenters. The number of fused-ring (bicyclic) bond motifs is 1. The summed E-state index contributed by atoms with van der Waals surface area (Å²) in [5, 5.41) is 3.43. The quantitative estimate of drug-likeness (QED) is 0.332. The van der Waals surface area contributed by atoms with E-state index in [4.69, 9.17) is 4.98 Å². The molecule has 0 radical (unpaired) electrons. The van der Waals surface area contributed by atoms with Crippen LogP contribution in [0.15, 0.2) is 64.5 Å². The van der Waals surface area contributed by atoms with Gasteiger partial charge in [-0.3, -0.25) is 19.1 Å². The van der Waals surface area contributed by atoms with E-state index in [-0.39, 0.29) is 23.0 Å². The molecule has 5 rings (SSSR count). The fourth-order valence-electron chi connectivity index (χ4n) is 3.92. The van der Waals surface area contributed by atoms with Gasteiger partial charge in [0.25, 0.3) is 5.56 Å². The highest BCUT2D eigenvalue weighted by Gasteiger charge is 2.27. The third-order valence-electron chi connectivity index (χ3n) is 5.50. The standard InChI is InChI=1S/C24H19FN4O3S2/c1-14-19(15-7-9-16(25)10-8-15)20-21(34-14)27-24(29(22(20)31)17-5-3-2-4-6-17)33-13-18(30)28-12-11-26-23(28)32/h2-10H,11-13H2,1H3,(H,26,32). The molecule has 0 spiro atoms. The Morgan fingerprint density at radius 2 is 1.88 bits per heavy atom. The van der Waals surface area contributed by atoms with Crippen molar-refractivity contribution in [2.24, 2.45) is 0 Å². The van der Waals surface area contributed by atoms with Gasteiger partial charge in [-0.1, -0.05) is 42.1 Å². The van der Waals surface area contributed by atoms with Crippen LogP contribution in [0.3, 0.4) is 0 Å². The van der Waals surface area contributed by atoms with Crippen LogP contribution in [0.4, 0.5) is 9.18 Å². The Morgan fingerprint density at radius 3 is 2.56 bits per heavy atom. The lowest BCUT2D eigenvalue weighted by atomic mass is 10.0. The molecule has 0 saturated carbocycles. The van der Waals surface area contributed by atoms with Gasteiger partial charge in [0.05, 0.1) is 16.8 Å². The molecule has 0 unspecified atom stereocenters. The first-order valence-corrected chi connectivity index (χ1v) is 12.3. The van der Waals surface area contributed by atoms with Crippen molar-refractivity contribution in [1.82, 2.24) is 19.8 Å². The molecule has 2 aromatic carbocycles. The molecule has 10 heteroatoms. The van der Waals surface area contributed by atoms with Gasteiger partial charge in [-0.15, -0.1) is 11.3 Å². The number of urea groups is 1. The molecule has 1 aliphatic rings. The molecule has 3 heterocycles. The highest BCUT2D eigenvalue weighted by atomic mass is 32.2. The second-order valence-corrected chi connectivity index (χ2v) is 9.80. The van der Waals surface area contributed by atoms with Crippen molar-refractivity contribution in [3.8, 4) is 16.8 Å².